The Morgan fingerprint density at radius 3 is 2.14 bits per heavy atom. The fraction of sp³-hybridized carbons (Fsp3) is 1.00. The van der Waals surface area contributed by atoms with Crippen molar-refractivity contribution in [3.63, 3.8) is 0 Å². The Morgan fingerprint density at radius 1 is 1.71 bits per heavy atom. The number of methoxy groups -OCH3 is 1. The van der Waals surface area contributed by atoms with Gasteiger partial charge in [0.25, 0.3) is 0 Å². The van der Waals surface area contributed by atoms with E-state index in [-0.39, 0.29) is 18.2 Å². The van der Waals surface area contributed by atoms with Crippen molar-refractivity contribution in [2.24, 2.45) is 0 Å². The van der Waals surface area contributed by atoms with Gasteiger partial charge in [0.2, 0.25) is 0 Å². The van der Waals surface area contributed by atoms with E-state index in [9.17, 15) is 5.11 Å². The molecule has 0 amide bonds. The Morgan fingerprint density at radius 2 is 2.14 bits per heavy atom. The second kappa shape index (κ2) is 5.88. The minimum atomic E-state index is -0.142. The van der Waals surface area contributed by atoms with Crippen LogP contribution in [0.5, 0.6) is 0 Å². The van der Waals surface area contributed by atoms with Crippen molar-refractivity contribution in [3.05, 3.63) is 0 Å². The van der Waals surface area contributed by atoms with E-state index in [4.69, 9.17) is 0 Å². The van der Waals surface area contributed by atoms with Crippen LogP contribution in [0.25, 0.3) is 0 Å². The molecule has 0 aromatic rings. The van der Waals surface area contributed by atoms with E-state index in [1.54, 1.807) is 6.92 Å². The first-order valence-electron chi connectivity index (χ1n) is 1.92. The highest BCUT2D eigenvalue weighted by Gasteiger charge is 1.91. The topological polar surface area (TPSA) is 60.6 Å². The van der Waals surface area contributed by atoms with Gasteiger partial charge in [-0.25, -0.2) is 5.11 Å². The molecule has 0 aliphatic heterocycles. The molecule has 0 heterocycles. The van der Waals surface area contributed by atoms with Crippen molar-refractivity contribution in [1.29, 1.82) is 0 Å². The number of hydrogen-bond donors (Lipinski definition) is 0. The van der Waals surface area contributed by atoms with E-state index in [0.29, 0.717) is 0 Å². The second-order valence-corrected chi connectivity index (χ2v) is 1.21. The molecule has 3 nitrogen and oxygen atoms in total. The molecule has 0 saturated carbocycles. The molecule has 3 heteroatoms. The molecule has 0 aliphatic rings. The zero-order valence-electron chi connectivity index (χ0n) is 4.60. The molecule has 2 N–H and O–H groups in total. The third-order valence-corrected chi connectivity index (χ3v) is 0.637. The van der Waals surface area contributed by atoms with Gasteiger partial charge in [0, 0.05) is 7.11 Å². The summed E-state index contributed by atoms with van der Waals surface area (Å²) in [6.45, 7) is 1.60. The standard InChI is InChI=1S/C4H9O2.H2O/c1-4(3-5)6-2;/h4H,3H2,1-2H3;1H2. The molecule has 1 unspecified atom stereocenters. The Labute approximate surface area is 43.2 Å². The van der Waals surface area contributed by atoms with Crippen molar-refractivity contribution >= 4 is 0 Å². The van der Waals surface area contributed by atoms with E-state index in [1.807, 2.05) is 0 Å². The Balaban J connectivity index is 0. The van der Waals surface area contributed by atoms with Gasteiger partial charge < -0.3 is 10.2 Å². The van der Waals surface area contributed by atoms with Gasteiger partial charge in [0.15, 0.2) is 0 Å². The summed E-state index contributed by atoms with van der Waals surface area (Å²) < 4.78 is 4.59. The van der Waals surface area contributed by atoms with Gasteiger partial charge in [-0.3, -0.25) is 0 Å². The lowest BCUT2D eigenvalue weighted by Gasteiger charge is -1.99. The van der Waals surface area contributed by atoms with E-state index in [2.05, 4.69) is 4.74 Å². The molecule has 1 atom stereocenters. The molecule has 1 radical (unpaired) electrons. The molecule has 0 saturated heterocycles. The lowest BCUT2D eigenvalue weighted by molar-refractivity contribution is 0.0321. The maximum absolute atomic E-state index is 9.74. The van der Waals surface area contributed by atoms with Crippen LogP contribution < -0.4 is 0 Å². The first-order valence-corrected chi connectivity index (χ1v) is 1.92. The average Bonchev–Trinajstić information content (AvgIpc) is 1.65. The third-order valence-electron chi connectivity index (χ3n) is 0.637. The molecule has 0 bridgehead atoms. The highest BCUT2D eigenvalue weighted by atomic mass is 16.5. The fourth-order valence-corrected chi connectivity index (χ4v) is 0.0680. The van der Waals surface area contributed by atoms with Gasteiger partial charge in [-0.15, -0.1) is 0 Å². The normalized spacial score (nSPS) is 12.4. The van der Waals surface area contributed by atoms with E-state index in [0.717, 1.165) is 0 Å². The average molecular weight is 107 g/mol. The summed E-state index contributed by atoms with van der Waals surface area (Å²) in [5.74, 6) is 0. The molecule has 7 heavy (non-hydrogen) atoms. The van der Waals surface area contributed by atoms with Gasteiger partial charge in [-0.1, -0.05) is 0 Å². The molecule has 0 spiro atoms. The predicted molar refractivity (Wildman–Crippen MR) is 25.6 cm³/mol. The molecule has 0 aliphatic carbocycles. The zero-order valence-corrected chi connectivity index (χ0v) is 4.60. The van der Waals surface area contributed by atoms with Crippen LogP contribution in [0.3, 0.4) is 0 Å². The third kappa shape index (κ3) is 5.88. The first-order chi connectivity index (χ1) is 2.81. The number of hydrogen-bond acceptors (Lipinski definition) is 1. The van der Waals surface area contributed by atoms with Gasteiger partial charge in [-0.05, 0) is 6.92 Å². The summed E-state index contributed by atoms with van der Waals surface area (Å²) in [6, 6.07) is 0. The maximum atomic E-state index is 9.74. The highest BCUT2D eigenvalue weighted by molar-refractivity contribution is 4.38. The molecule has 45 valence electrons. The van der Waals surface area contributed by atoms with Crippen molar-refractivity contribution < 1.29 is 15.3 Å². The number of rotatable bonds is 2. The molecule has 0 aromatic heterocycles. The lowest BCUT2D eigenvalue weighted by atomic mass is 10.4. The van der Waals surface area contributed by atoms with Crippen LogP contribution in [0.4, 0.5) is 0 Å². The minimum Gasteiger partial charge on any atom is -0.412 e. The highest BCUT2D eigenvalue weighted by Crippen LogP contribution is 1.80. The summed E-state index contributed by atoms with van der Waals surface area (Å²) in [5.41, 5.74) is 0. The van der Waals surface area contributed by atoms with E-state index >= 15 is 0 Å². The van der Waals surface area contributed by atoms with E-state index < -0.39 is 0 Å². The van der Waals surface area contributed by atoms with Crippen molar-refractivity contribution in [3.8, 4) is 0 Å². The fourth-order valence-electron chi connectivity index (χ4n) is 0.0680. The van der Waals surface area contributed by atoms with E-state index in [1.165, 1.54) is 7.11 Å². The van der Waals surface area contributed by atoms with Gasteiger partial charge in [0.1, 0.15) is 6.61 Å². The summed E-state index contributed by atoms with van der Waals surface area (Å²) in [7, 11) is 1.53. The van der Waals surface area contributed by atoms with Crippen molar-refractivity contribution in [1.82, 2.24) is 0 Å². The zero-order chi connectivity index (χ0) is 4.99. The van der Waals surface area contributed by atoms with Crippen molar-refractivity contribution in [2.75, 3.05) is 13.7 Å². The smallest absolute Gasteiger partial charge is 0.108 e. The van der Waals surface area contributed by atoms with Crippen LogP contribution in [0, 0.1) is 0 Å². The molecular formula is C4H11O3. The summed E-state index contributed by atoms with van der Waals surface area (Å²) in [4.78, 5) is 0. The van der Waals surface area contributed by atoms with Crippen molar-refractivity contribution in [2.45, 2.75) is 13.0 Å². The first kappa shape index (κ1) is 9.99. The van der Waals surface area contributed by atoms with Crippen LogP contribution in [0.15, 0.2) is 0 Å². The van der Waals surface area contributed by atoms with Crippen LogP contribution in [-0.2, 0) is 9.84 Å². The largest absolute Gasteiger partial charge is 0.412 e. The Bertz CT molecular complexity index is 26.1. The minimum absolute atomic E-state index is 0. The summed E-state index contributed by atoms with van der Waals surface area (Å²) in [6.07, 6.45) is -0.120. The Hall–Kier alpha value is -0.120. The van der Waals surface area contributed by atoms with Crippen LogP contribution >= 0.6 is 0 Å². The second-order valence-electron chi connectivity index (χ2n) is 1.21. The lowest BCUT2D eigenvalue weighted by Crippen LogP contribution is -2.07. The monoisotopic (exact) mass is 107 g/mol. The Kier molecular flexibility index (Phi) is 8.39. The van der Waals surface area contributed by atoms with Gasteiger partial charge in [0.05, 0.1) is 6.10 Å². The summed E-state index contributed by atoms with van der Waals surface area (Å²) in [5, 5.41) is 9.74. The molecule has 0 aromatic carbocycles. The number of ether oxygens (including phenoxy) is 1. The van der Waals surface area contributed by atoms with Crippen LogP contribution in [0.2, 0.25) is 0 Å². The van der Waals surface area contributed by atoms with Crippen LogP contribution in [0.1, 0.15) is 6.92 Å². The van der Waals surface area contributed by atoms with Gasteiger partial charge >= 0.3 is 0 Å². The SMILES string of the molecule is COC(C)C[O].O. The van der Waals surface area contributed by atoms with Crippen LogP contribution in [-0.4, -0.2) is 25.3 Å². The predicted octanol–water partition coefficient (Wildman–Crippen LogP) is -0.373. The molecule has 0 fully saturated rings. The quantitative estimate of drug-likeness (QED) is 0.474. The molecular weight excluding hydrogens is 96.0 g/mol. The van der Waals surface area contributed by atoms with Gasteiger partial charge in [-0.2, -0.15) is 0 Å². The molecule has 0 rings (SSSR count). The maximum Gasteiger partial charge on any atom is 0.108 e. The summed E-state index contributed by atoms with van der Waals surface area (Å²) >= 11 is 0.